The van der Waals surface area contributed by atoms with Gasteiger partial charge in [0.15, 0.2) is 6.61 Å². The van der Waals surface area contributed by atoms with Crippen LogP contribution in [-0.2, 0) is 19.1 Å². The second-order valence-electron chi connectivity index (χ2n) is 9.20. The van der Waals surface area contributed by atoms with Crippen LogP contribution in [0.1, 0.15) is 40.0 Å². The number of ether oxygens (including phenoxy) is 2. The number of urea groups is 1. The van der Waals surface area contributed by atoms with E-state index in [1.807, 2.05) is 0 Å². The number of esters is 1. The van der Waals surface area contributed by atoms with Crippen molar-refractivity contribution in [3.05, 3.63) is 24.3 Å². The van der Waals surface area contributed by atoms with Crippen LogP contribution in [0, 0.1) is 11.3 Å². The van der Waals surface area contributed by atoms with E-state index in [1.54, 1.807) is 24.3 Å². The summed E-state index contributed by atoms with van der Waals surface area (Å²) < 4.78 is 10.1. The molecular formula is C22H29N3O6. The Labute approximate surface area is 181 Å². The molecule has 2 fully saturated rings. The number of carbonyl (C=O) groups is 4. The summed E-state index contributed by atoms with van der Waals surface area (Å²) >= 11 is 0. The van der Waals surface area contributed by atoms with Gasteiger partial charge < -0.3 is 20.1 Å². The lowest BCUT2D eigenvalue weighted by atomic mass is 9.64. The quantitative estimate of drug-likeness (QED) is 0.528. The van der Waals surface area contributed by atoms with Gasteiger partial charge in [0, 0.05) is 11.8 Å². The molecule has 0 radical (unpaired) electrons. The zero-order valence-corrected chi connectivity index (χ0v) is 18.3. The Morgan fingerprint density at radius 3 is 2.68 bits per heavy atom. The van der Waals surface area contributed by atoms with Crippen LogP contribution >= 0.6 is 0 Å². The molecule has 1 aromatic rings. The summed E-state index contributed by atoms with van der Waals surface area (Å²) in [6.07, 6.45) is 2.02. The molecule has 1 saturated heterocycles. The second-order valence-corrected chi connectivity index (χ2v) is 9.20. The van der Waals surface area contributed by atoms with Crippen molar-refractivity contribution in [3.8, 4) is 5.75 Å². The maximum atomic E-state index is 13.0. The molecule has 3 rings (SSSR count). The lowest BCUT2D eigenvalue weighted by Crippen LogP contribution is -2.54. The Morgan fingerprint density at radius 1 is 1.26 bits per heavy atom. The molecule has 9 heteroatoms. The number of nitrogens with one attached hydrogen (secondary N) is 2. The number of nitrogens with zero attached hydrogens (tertiary/aromatic N) is 1. The maximum Gasteiger partial charge on any atom is 0.326 e. The van der Waals surface area contributed by atoms with Crippen LogP contribution in [0.2, 0.25) is 0 Å². The van der Waals surface area contributed by atoms with Gasteiger partial charge in [-0.15, -0.1) is 0 Å². The van der Waals surface area contributed by atoms with Crippen molar-refractivity contribution in [2.75, 3.05) is 25.6 Å². The molecular weight excluding hydrogens is 402 g/mol. The molecule has 1 aliphatic heterocycles. The Bertz CT molecular complexity index is 899. The molecule has 1 saturated carbocycles. The molecule has 0 aromatic heterocycles. The van der Waals surface area contributed by atoms with Crippen LogP contribution in [0.25, 0.3) is 0 Å². The molecule has 9 nitrogen and oxygen atoms in total. The summed E-state index contributed by atoms with van der Waals surface area (Å²) in [7, 11) is 1.51. The number of anilines is 1. The fourth-order valence-corrected chi connectivity index (χ4v) is 4.87. The van der Waals surface area contributed by atoms with E-state index >= 15 is 0 Å². The molecule has 1 aromatic carbocycles. The number of imide groups is 1. The standard InChI is InChI=1S/C22H29N3O6/c1-14-9-21(2,3)13-22(10-14)19(28)25(20(29)24-22)11-18(27)31-12-17(26)23-15-6-5-7-16(8-15)30-4/h5-8,14H,9-13H2,1-4H3,(H,23,26)(H,24,29). The summed E-state index contributed by atoms with van der Waals surface area (Å²) in [4.78, 5) is 50.6. The van der Waals surface area contributed by atoms with E-state index < -0.39 is 42.5 Å². The van der Waals surface area contributed by atoms with Gasteiger partial charge >= 0.3 is 12.0 Å². The molecule has 2 unspecified atom stereocenters. The molecule has 1 heterocycles. The number of methoxy groups -OCH3 is 1. The summed E-state index contributed by atoms with van der Waals surface area (Å²) in [5.74, 6) is -0.944. The number of hydrogen-bond acceptors (Lipinski definition) is 6. The van der Waals surface area contributed by atoms with E-state index in [1.165, 1.54) is 7.11 Å². The molecule has 2 aliphatic rings. The van der Waals surface area contributed by atoms with Gasteiger partial charge in [-0.3, -0.25) is 19.3 Å². The summed E-state index contributed by atoms with van der Waals surface area (Å²) in [6.45, 7) is 5.13. The van der Waals surface area contributed by atoms with Gasteiger partial charge in [0.2, 0.25) is 0 Å². The Morgan fingerprint density at radius 2 is 2.00 bits per heavy atom. The monoisotopic (exact) mass is 431 g/mol. The molecule has 1 spiro atoms. The van der Waals surface area contributed by atoms with Crippen molar-refractivity contribution in [3.63, 3.8) is 0 Å². The Hall–Kier alpha value is -3.10. The highest BCUT2D eigenvalue weighted by molar-refractivity contribution is 6.09. The third kappa shape index (κ3) is 5.15. The first-order valence-corrected chi connectivity index (χ1v) is 10.3. The highest BCUT2D eigenvalue weighted by Crippen LogP contribution is 2.46. The minimum atomic E-state index is -0.984. The first kappa shape index (κ1) is 22.6. The first-order valence-electron chi connectivity index (χ1n) is 10.3. The van der Waals surface area contributed by atoms with Gasteiger partial charge in [0.25, 0.3) is 11.8 Å². The van der Waals surface area contributed by atoms with Gasteiger partial charge in [-0.2, -0.15) is 0 Å². The van der Waals surface area contributed by atoms with Crippen molar-refractivity contribution < 1.29 is 28.7 Å². The van der Waals surface area contributed by atoms with Crippen LogP contribution in [0.5, 0.6) is 5.75 Å². The van der Waals surface area contributed by atoms with Crippen molar-refractivity contribution in [1.82, 2.24) is 10.2 Å². The molecule has 2 N–H and O–H groups in total. The predicted octanol–water partition coefficient (Wildman–Crippen LogP) is 2.31. The average Bonchev–Trinajstić information content (AvgIpc) is 2.88. The summed E-state index contributed by atoms with van der Waals surface area (Å²) in [6, 6.07) is 6.13. The van der Waals surface area contributed by atoms with Gasteiger partial charge in [0.05, 0.1) is 7.11 Å². The van der Waals surface area contributed by atoms with E-state index in [0.717, 1.165) is 11.3 Å². The molecule has 0 bridgehead atoms. The molecule has 168 valence electrons. The zero-order chi connectivity index (χ0) is 22.8. The highest BCUT2D eigenvalue weighted by Gasteiger charge is 2.56. The molecule has 4 amide bonds. The maximum absolute atomic E-state index is 13.0. The van der Waals surface area contributed by atoms with E-state index in [0.29, 0.717) is 24.3 Å². The number of carbonyl (C=O) groups excluding carboxylic acids is 4. The smallest absolute Gasteiger partial charge is 0.326 e. The fraction of sp³-hybridized carbons (Fsp3) is 0.545. The van der Waals surface area contributed by atoms with Gasteiger partial charge in [0.1, 0.15) is 17.8 Å². The Kier molecular flexibility index (Phi) is 6.24. The molecule has 31 heavy (non-hydrogen) atoms. The number of hydrogen-bond donors (Lipinski definition) is 2. The van der Waals surface area contributed by atoms with Crippen molar-refractivity contribution in [2.45, 2.75) is 45.6 Å². The molecule has 2 atom stereocenters. The van der Waals surface area contributed by atoms with Crippen LogP contribution < -0.4 is 15.4 Å². The lowest BCUT2D eigenvalue weighted by molar-refractivity contribution is -0.150. The second kappa shape index (κ2) is 8.56. The van der Waals surface area contributed by atoms with E-state index in [-0.39, 0.29) is 11.3 Å². The van der Waals surface area contributed by atoms with Gasteiger partial charge in [-0.05, 0) is 42.7 Å². The minimum Gasteiger partial charge on any atom is -0.497 e. The third-order valence-corrected chi connectivity index (χ3v) is 5.63. The van der Waals surface area contributed by atoms with E-state index in [9.17, 15) is 19.2 Å². The summed E-state index contributed by atoms with van der Waals surface area (Å²) in [5.41, 5.74) is -0.595. The van der Waals surface area contributed by atoms with E-state index in [2.05, 4.69) is 31.4 Å². The number of amides is 4. The molecule has 1 aliphatic carbocycles. The SMILES string of the molecule is COc1cccc(NC(=O)COC(=O)CN2C(=O)NC3(CC(C)CC(C)(C)C3)C2=O)c1. The predicted molar refractivity (Wildman–Crippen MR) is 112 cm³/mol. The first-order chi connectivity index (χ1) is 14.5. The lowest BCUT2D eigenvalue weighted by Gasteiger charge is -2.43. The largest absolute Gasteiger partial charge is 0.497 e. The number of rotatable bonds is 6. The third-order valence-electron chi connectivity index (χ3n) is 5.63. The van der Waals surface area contributed by atoms with Crippen LogP contribution in [0.4, 0.5) is 10.5 Å². The van der Waals surface area contributed by atoms with E-state index in [4.69, 9.17) is 9.47 Å². The van der Waals surface area contributed by atoms with Crippen molar-refractivity contribution in [2.24, 2.45) is 11.3 Å². The average molecular weight is 431 g/mol. The van der Waals surface area contributed by atoms with Crippen LogP contribution in [0.15, 0.2) is 24.3 Å². The Balaban J connectivity index is 1.55. The summed E-state index contributed by atoms with van der Waals surface area (Å²) in [5, 5.41) is 5.39. The minimum absolute atomic E-state index is 0.102. The van der Waals surface area contributed by atoms with Gasteiger partial charge in [-0.25, -0.2) is 4.79 Å². The normalized spacial score (nSPS) is 24.6. The van der Waals surface area contributed by atoms with Crippen LogP contribution in [0.3, 0.4) is 0 Å². The number of benzene rings is 1. The fourth-order valence-electron chi connectivity index (χ4n) is 4.87. The van der Waals surface area contributed by atoms with Crippen LogP contribution in [-0.4, -0.2) is 54.5 Å². The topological polar surface area (TPSA) is 114 Å². The van der Waals surface area contributed by atoms with Crippen molar-refractivity contribution >= 4 is 29.5 Å². The van der Waals surface area contributed by atoms with Gasteiger partial charge in [-0.1, -0.05) is 26.8 Å². The van der Waals surface area contributed by atoms with Crippen molar-refractivity contribution in [1.29, 1.82) is 0 Å². The highest BCUT2D eigenvalue weighted by atomic mass is 16.5. The zero-order valence-electron chi connectivity index (χ0n) is 18.3.